The monoisotopic (exact) mass is 702 g/mol. The topological polar surface area (TPSA) is 142 Å². The van der Waals surface area contributed by atoms with Gasteiger partial charge in [0.1, 0.15) is 18.1 Å². The van der Waals surface area contributed by atoms with Crippen LogP contribution in [0.3, 0.4) is 0 Å². The van der Waals surface area contributed by atoms with Gasteiger partial charge in [-0.3, -0.25) is 4.79 Å². The number of hydrogen-bond acceptors (Lipinski definition) is 6. The quantitative estimate of drug-likeness (QED) is 0.0855. The number of aromatic nitrogens is 2. The molecule has 6 rings (SSSR count). The summed E-state index contributed by atoms with van der Waals surface area (Å²) < 4.78 is 38.9. The first-order valence-corrected chi connectivity index (χ1v) is 15.9. The van der Waals surface area contributed by atoms with Gasteiger partial charge in [0, 0.05) is 25.1 Å². The minimum atomic E-state index is -5.08. The van der Waals surface area contributed by atoms with Crippen molar-refractivity contribution in [3.63, 3.8) is 0 Å². The van der Waals surface area contributed by atoms with E-state index in [9.17, 15) is 27.6 Å². The first kappa shape index (κ1) is 36.1. The molecule has 0 aliphatic carbocycles. The van der Waals surface area contributed by atoms with E-state index in [1.165, 1.54) is 4.90 Å². The lowest BCUT2D eigenvalue weighted by molar-refractivity contribution is -0.192. The number of carbonyl (C=O) groups is 4. The molecule has 0 atom stereocenters. The van der Waals surface area contributed by atoms with E-state index in [0.29, 0.717) is 24.3 Å². The summed E-state index contributed by atoms with van der Waals surface area (Å²) in [5.41, 5.74) is 5.68. The van der Waals surface area contributed by atoms with Crippen LogP contribution in [0.15, 0.2) is 97.1 Å². The zero-order chi connectivity index (χ0) is 36.7. The third-order valence-electron chi connectivity index (χ3n) is 8.01. The minimum Gasteiger partial charge on any atom is -0.475 e. The van der Waals surface area contributed by atoms with Gasteiger partial charge in [0.25, 0.3) is 5.91 Å². The van der Waals surface area contributed by atoms with E-state index < -0.39 is 18.3 Å². The molecular formula is C37H33F3N4O7. The van der Waals surface area contributed by atoms with Crippen LogP contribution in [0.2, 0.25) is 0 Å². The van der Waals surface area contributed by atoms with Gasteiger partial charge in [-0.2, -0.15) is 13.2 Å². The normalized spacial score (nSPS) is 12.9. The number of unbranched alkanes of at least 4 members (excludes halogenated alkanes) is 1. The number of carboxylic acids is 1. The molecule has 1 aromatic heterocycles. The van der Waals surface area contributed by atoms with Crippen LogP contribution in [-0.2, 0) is 29.1 Å². The number of aryl methyl sites for hydroxylation is 1. The number of aliphatic carboxylic acids is 1. The zero-order valence-corrected chi connectivity index (χ0v) is 27.3. The highest BCUT2D eigenvalue weighted by molar-refractivity contribution is 6.20. The van der Waals surface area contributed by atoms with Crippen LogP contribution in [0.1, 0.15) is 36.7 Å². The van der Waals surface area contributed by atoms with E-state index in [2.05, 4.69) is 11.5 Å². The second-order valence-electron chi connectivity index (χ2n) is 11.6. The number of fused-ring (bicyclic) bond motifs is 1. The molecule has 0 spiro atoms. The van der Waals surface area contributed by atoms with Crippen molar-refractivity contribution in [2.24, 2.45) is 0 Å². The van der Waals surface area contributed by atoms with Gasteiger partial charge in [-0.25, -0.2) is 24.3 Å². The molecule has 0 bridgehead atoms. The number of amides is 3. The molecule has 2 heterocycles. The van der Waals surface area contributed by atoms with Crippen LogP contribution < -0.4 is 9.64 Å². The Morgan fingerprint density at radius 3 is 2.16 bits per heavy atom. The molecule has 3 amide bonds. The first-order valence-electron chi connectivity index (χ1n) is 15.9. The number of benzene rings is 4. The second kappa shape index (κ2) is 15.6. The Kier molecular flexibility index (Phi) is 11.0. The summed E-state index contributed by atoms with van der Waals surface area (Å²) in [4.78, 5) is 54.3. The fourth-order valence-electron chi connectivity index (χ4n) is 5.59. The van der Waals surface area contributed by atoms with Crippen molar-refractivity contribution in [1.82, 2.24) is 14.5 Å². The molecule has 11 nitrogen and oxygen atoms in total. The number of imidazole rings is 1. The number of carboxylic acid groups (broad SMARTS) is 2. The van der Waals surface area contributed by atoms with E-state index in [1.807, 2.05) is 78.9 Å². The number of nitrogens with zero attached hydrogens (tertiary/aromatic N) is 4. The van der Waals surface area contributed by atoms with E-state index in [1.54, 1.807) is 23.1 Å². The molecule has 1 aliphatic heterocycles. The van der Waals surface area contributed by atoms with Crippen LogP contribution in [0.4, 0.5) is 28.4 Å². The third-order valence-corrected chi connectivity index (χ3v) is 8.01. The fourth-order valence-corrected chi connectivity index (χ4v) is 5.59. The van der Waals surface area contributed by atoms with Crippen LogP contribution in [0, 0.1) is 0 Å². The standard InChI is InChI=1S/C35H32N4O5.C2HF3O2/c1-2-3-13-32-36-29-19-18-27(39-33(40)23-37(34(39)41)21-24-9-5-4-6-10-24)20-30(29)38(32)22-25-14-16-26(17-15-25)28-11-7-8-12-31(28)44-35(42)43;3-2(4,5)1(6)7/h4-12,14-20H,2-3,13,21-23H2,1H3,(H,42,43);(H,6,7). The van der Waals surface area contributed by atoms with Crippen molar-refractivity contribution < 1.29 is 47.3 Å². The Hall–Kier alpha value is -6.18. The van der Waals surface area contributed by atoms with Gasteiger partial charge in [0.05, 0.1) is 16.7 Å². The minimum absolute atomic E-state index is 0.0275. The van der Waals surface area contributed by atoms with Crippen molar-refractivity contribution in [1.29, 1.82) is 0 Å². The van der Waals surface area contributed by atoms with Crippen molar-refractivity contribution in [3.05, 3.63) is 114 Å². The fraction of sp³-hybridized carbons (Fsp3) is 0.216. The predicted octanol–water partition coefficient (Wildman–Crippen LogP) is 7.75. The van der Waals surface area contributed by atoms with Crippen LogP contribution in [0.25, 0.3) is 22.2 Å². The van der Waals surface area contributed by atoms with Gasteiger partial charge in [0.15, 0.2) is 0 Å². The van der Waals surface area contributed by atoms with Crippen molar-refractivity contribution in [3.8, 4) is 16.9 Å². The highest BCUT2D eigenvalue weighted by atomic mass is 19.4. The molecule has 2 N–H and O–H groups in total. The number of rotatable bonds is 10. The van der Waals surface area contributed by atoms with E-state index >= 15 is 0 Å². The largest absolute Gasteiger partial charge is 0.511 e. The molecular weight excluding hydrogens is 669 g/mol. The van der Waals surface area contributed by atoms with Crippen molar-refractivity contribution in [2.45, 2.75) is 45.5 Å². The molecule has 4 aromatic carbocycles. The summed E-state index contributed by atoms with van der Waals surface area (Å²) in [5, 5.41) is 16.2. The Morgan fingerprint density at radius 1 is 0.863 bits per heavy atom. The number of alkyl halides is 3. The molecule has 1 saturated heterocycles. The summed E-state index contributed by atoms with van der Waals surface area (Å²) in [5.74, 6) is -1.80. The Balaban J connectivity index is 0.000000654. The average molecular weight is 703 g/mol. The number of carbonyl (C=O) groups excluding carboxylic acids is 2. The maximum Gasteiger partial charge on any atom is 0.511 e. The van der Waals surface area contributed by atoms with Crippen LogP contribution >= 0.6 is 0 Å². The maximum absolute atomic E-state index is 13.4. The SMILES string of the molecule is CCCCc1nc2ccc(N3C(=O)CN(Cc4ccccc4)C3=O)cc2n1Cc1ccc(-c2ccccc2OC(=O)O)cc1.O=C(O)C(F)(F)F. The van der Waals surface area contributed by atoms with E-state index in [4.69, 9.17) is 24.7 Å². The van der Waals surface area contributed by atoms with E-state index in [-0.39, 0.29) is 24.2 Å². The average Bonchev–Trinajstić information content (AvgIpc) is 3.58. The highest BCUT2D eigenvalue weighted by Gasteiger charge is 2.38. The van der Waals surface area contributed by atoms with Gasteiger partial charge in [-0.15, -0.1) is 0 Å². The number of urea groups is 1. The number of para-hydroxylation sites is 1. The Bertz CT molecular complexity index is 2050. The zero-order valence-electron chi connectivity index (χ0n) is 27.3. The summed E-state index contributed by atoms with van der Waals surface area (Å²) in [7, 11) is 0. The number of halogens is 3. The van der Waals surface area contributed by atoms with Gasteiger partial charge in [-0.1, -0.05) is 86.1 Å². The van der Waals surface area contributed by atoms with Crippen LogP contribution in [0.5, 0.6) is 5.75 Å². The van der Waals surface area contributed by atoms with E-state index in [0.717, 1.165) is 52.8 Å². The number of anilines is 1. The van der Waals surface area contributed by atoms with Gasteiger partial charge < -0.3 is 24.4 Å². The lowest BCUT2D eigenvalue weighted by Gasteiger charge is -2.17. The molecule has 0 unspecified atom stereocenters. The first-order chi connectivity index (χ1) is 24.3. The van der Waals surface area contributed by atoms with Crippen molar-refractivity contribution >= 4 is 40.8 Å². The number of ether oxygens (including phenoxy) is 1. The smallest absolute Gasteiger partial charge is 0.475 e. The predicted molar refractivity (Wildman–Crippen MR) is 181 cm³/mol. The molecule has 0 radical (unpaired) electrons. The molecule has 14 heteroatoms. The molecule has 0 saturated carbocycles. The lowest BCUT2D eigenvalue weighted by atomic mass is 10.0. The number of hydrogen-bond donors (Lipinski definition) is 2. The summed E-state index contributed by atoms with van der Waals surface area (Å²) in [6.45, 7) is 3.07. The highest BCUT2D eigenvalue weighted by Crippen LogP contribution is 2.32. The molecule has 5 aromatic rings. The van der Waals surface area contributed by atoms with Crippen LogP contribution in [-0.4, -0.2) is 61.4 Å². The molecule has 1 aliphatic rings. The molecule has 51 heavy (non-hydrogen) atoms. The molecule has 1 fully saturated rings. The molecule has 264 valence electrons. The summed E-state index contributed by atoms with van der Waals surface area (Å²) in [6.07, 6.45) is -3.64. The lowest BCUT2D eigenvalue weighted by Crippen LogP contribution is -2.32. The summed E-state index contributed by atoms with van der Waals surface area (Å²) >= 11 is 0. The Labute approximate surface area is 290 Å². The van der Waals surface area contributed by atoms with Gasteiger partial charge >= 0.3 is 24.3 Å². The van der Waals surface area contributed by atoms with Crippen molar-refractivity contribution in [2.75, 3.05) is 11.4 Å². The Morgan fingerprint density at radius 2 is 1.51 bits per heavy atom. The summed E-state index contributed by atoms with van der Waals surface area (Å²) in [6, 6.07) is 29.8. The number of imide groups is 1. The third kappa shape index (κ3) is 8.71. The van der Waals surface area contributed by atoms with Gasteiger partial charge in [-0.05, 0) is 47.4 Å². The second-order valence-corrected chi connectivity index (χ2v) is 11.6. The maximum atomic E-state index is 13.4. The van der Waals surface area contributed by atoms with Gasteiger partial charge in [0.2, 0.25) is 0 Å².